The van der Waals surface area contributed by atoms with E-state index in [0.717, 1.165) is 10.1 Å². The van der Waals surface area contributed by atoms with Crippen LogP contribution < -0.4 is 5.32 Å². The standard InChI is InChI=1S/C12H12N4O3S3/c1-2-20-11-14-15-12(22-11)21-7-10(17)13-8-5-3-4-6-9(8)16(18)19/h3-6H,2,7H2,1H3,(H,13,17). The number of carbonyl (C=O) groups excluding carboxylic acids is 1. The SMILES string of the molecule is CCSc1nnc(SCC(=O)Nc2ccccc2[N+](=O)[O-])s1. The Kier molecular flexibility index (Phi) is 6.16. The van der Waals surface area contributed by atoms with E-state index in [0.29, 0.717) is 4.34 Å². The molecule has 1 N–H and O–H groups in total. The van der Waals surface area contributed by atoms with Crippen molar-refractivity contribution in [2.75, 3.05) is 16.8 Å². The third-order valence-electron chi connectivity index (χ3n) is 2.36. The van der Waals surface area contributed by atoms with Crippen LogP contribution >= 0.6 is 34.9 Å². The molecular weight excluding hydrogens is 344 g/mol. The van der Waals surface area contributed by atoms with Crippen molar-refractivity contribution in [3.8, 4) is 0 Å². The molecule has 0 aliphatic carbocycles. The summed E-state index contributed by atoms with van der Waals surface area (Å²) in [5.74, 6) is 0.716. The Hall–Kier alpha value is -1.65. The molecule has 0 bridgehead atoms. The van der Waals surface area contributed by atoms with Crippen molar-refractivity contribution in [2.24, 2.45) is 0 Å². The van der Waals surface area contributed by atoms with Gasteiger partial charge in [0.15, 0.2) is 8.68 Å². The number of rotatable bonds is 7. The summed E-state index contributed by atoms with van der Waals surface area (Å²) in [4.78, 5) is 22.2. The number of hydrogen-bond acceptors (Lipinski definition) is 8. The first kappa shape index (κ1) is 16.7. The van der Waals surface area contributed by atoms with Crippen molar-refractivity contribution in [1.29, 1.82) is 0 Å². The van der Waals surface area contributed by atoms with Gasteiger partial charge in [0.1, 0.15) is 5.69 Å². The summed E-state index contributed by atoms with van der Waals surface area (Å²) in [6, 6.07) is 6.04. The average Bonchev–Trinajstić information content (AvgIpc) is 2.94. The molecule has 0 atom stereocenters. The monoisotopic (exact) mass is 356 g/mol. The zero-order valence-corrected chi connectivity index (χ0v) is 14.0. The Morgan fingerprint density at radius 1 is 1.32 bits per heavy atom. The van der Waals surface area contributed by atoms with E-state index in [2.05, 4.69) is 15.5 Å². The maximum Gasteiger partial charge on any atom is 0.292 e. The van der Waals surface area contributed by atoms with Crippen LogP contribution in [0.2, 0.25) is 0 Å². The summed E-state index contributed by atoms with van der Waals surface area (Å²) < 4.78 is 1.57. The zero-order chi connectivity index (χ0) is 15.9. The third-order valence-corrected chi connectivity index (χ3v) is 5.43. The molecule has 0 saturated carbocycles. The van der Waals surface area contributed by atoms with Gasteiger partial charge >= 0.3 is 0 Å². The van der Waals surface area contributed by atoms with Crippen LogP contribution in [-0.2, 0) is 4.79 Å². The lowest BCUT2D eigenvalue weighted by Crippen LogP contribution is -2.15. The number of nitrogens with one attached hydrogen (secondary N) is 1. The van der Waals surface area contributed by atoms with Gasteiger partial charge in [-0.15, -0.1) is 10.2 Å². The molecule has 2 rings (SSSR count). The van der Waals surface area contributed by atoms with E-state index < -0.39 is 4.92 Å². The summed E-state index contributed by atoms with van der Waals surface area (Å²) in [5.41, 5.74) is 0.0657. The lowest BCUT2D eigenvalue weighted by Gasteiger charge is -2.04. The first-order valence-corrected chi connectivity index (χ1v) is 9.01. The fourth-order valence-corrected chi connectivity index (χ4v) is 4.21. The second-order valence-electron chi connectivity index (χ2n) is 3.88. The highest BCUT2D eigenvalue weighted by atomic mass is 32.2. The van der Waals surface area contributed by atoms with Crippen molar-refractivity contribution in [2.45, 2.75) is 15.6 Å². The molecule has 0 fully saturated rings. The quantitative estimate of drug-likeness (QED) is 0.462. The molecule has 1 aromatic heterocycles. The summed E-state index contributed by atoms with van der Waals surface area (Å²) >= 11 is 4.28. The highest BCUT2D eigenvalue weighted by Crippen LogP contribution is 2.29. The van der Waals surface area contributed by atoms with Gasteiger partial charge in [0, 0.05) is 6.07 Å². The van der Waals surface area contributed by atoms with E-state index in [1.54, 1.807) is 23.9 Å². The first-order valence-electron chi connectivity index (χ1n) is 6.22. The molecule has 10 heteroatoms. The smallest absolute Gasteiger partial charge is 0.292 e. The summed E-state index contributed by atoms with van der Waals surface area (Å²) in [6.45, 7) is 2.03. The number of hydrogen-bond donors (Lipinski definition) is 1. The number of anilines is 1. The molecular formula is C12H12N4O3S3. The molecule has 1 amide bonds. The fourth-order valence-electron chi connectivity index (χ4n) is 1.49. The zero-order valence-electron chi connectivity index (χ0n) is 11.5. The van der Waals surface area contributed by atoms with Gasteiger partial charge in [-0.1, -0.05) is 53.9 Å². The summed E-state index contributed by atoms with van der Waals surface area (Å²) in [7, 11) is 0. The van der Waals surface area contributed by atoms with Gasteiger partial charge in [-0.3, -0.25) is 14.9 Å². The minimum absolute atomic E-state index is 0.122. The van der Waals surface area contributed by atoms with E-state index in [9.17, 15) is 14.9 Å². The van der Waals surface area contributed by atoms with Crippen LogP contribution in [0.4, 0.5) is 11.4 Å². The normalized spacial score (nSPS) is 10.4. The highest BCUT2D eigenvalue weighted by Gasteiger charge is 2.15. The number of nitrogens with zero attached hydrogens (tertiary/aromatic N) is 3. The van der Waals surface area contributed by atoms with E-state index in [1.807, 2.05) is 6.92 Å². The molecule has 0 radical (unpaired) electrons. The number of carbonyl (C=O) groups is 1. The number of nitro groups is 1. The van der Waals surface area contributed by atoms with Gasteiger partial charge in [-0.05, 0) is 11.8 Å². The summed E-state index contributed by atoms with van der Waals surface area (Å²) in [5, 5.41) is 21.4. The van der Waals surface area contributed by atoms with E-state index in [-0.39, 0.29) is 23.0 Å². The van der Waals surface area contributed by atoms with Crippen molar-refractivity contribution in [3.05, 3.63) is 34.4 Å². The van der Waals surface area contributed by atoms with E-state index in [1.165, 1.54) is 35.2 Å². The molecule has 2 aromatic rings. The Bertz CT molecular complexity index is 677. The second-order valence-corrected chi connectivity index (χ2v) is 7.59. The van der Waals surface area contributed by atoms with Crippen LogP contribution in [0.15, 0.2) is 32.9 Å². The average molecular weight is 356 g/mol. The molecule has 1 heterocycles. The second kappa shape index (κ2) is 8.11. The number of thioether (sulfide) groups is 2. The van der Waals surface area contributed by atoms with Gasteiger partial charge < -0.3 is 5.32 Å². The maximum atomic E-state index is 11.9. The molecule has 7 nitrogen and oxygen atoms in total. The molecule has 0 unspecified atom stereocenters. The number of benzene rings is 1. The van der Waals surface area contributed by atoms with Crippen LogP contribution in [0.5, 0.6) is 0 Å². The van der Waals surface area contributed by atoms with Gasteiger partial charge in [-0.25, -0.2) is 0 Å². The largest absolute Gasteiger partial charge is 0.320 e. The Balaban J connectivity index is 1.91. The molecule has 0 spiro atoms. The van der Waals surface area contributed by atoms with E-state index in [4.69, 9.17) is 0 Å². The Labute approximate surface area is 139 Å². The fraction of sp³-hybridized carbons (Fsp3) is 0.250. The highest BCUT2D eigenvalue weighted by molar-refractivity contribution is 8.03. The molecule has 0 aliphatic heterocycles. The predicted octanol–water partition coefficient (Wildman–Crippen LogP) is 3.29. The number of aromatic nitrogens is 2. The summed E-state index contributed by atoms with van der Waals surface area (Å²) in [6.07, 6.45) is 0. The minimum atomic E-state index is -0.526. The molecule has 116 valence electrons. The van der Waals surface area contributed by atoms with E-state index >= 15 is 0 Å². The number of nitro benzene ring substituents is 1. The predicted molar refractivity (Wildman–Crippen MR) is 88.8 cm³/mol. The van der Waals surface area contributed by atoms with Crippen molar-refractivity contribution in [1.82, 2.24) is 10.2 Å². The molecule has 0 aliphatic rings. The van der Waals surface area contributed by atoms with Gasteiger partial charge in [0.2, 0.25) is 5.91 Å². The topological polar surface area (TPSA) is 98.0 Å². The minimum Gasteiger partial charge on any atom is -0.320 e. The Morgan fingerprint density at radius 2 is 2.00 bits per heavy atom. The molecule has 0 saturated heterocycles. The maximum absolute atomic E-state index is 11.9. The van der Waals surface area contributed by atoms with Crippen LogP contribution in [-0.4, -0.2) is 32.5 Å². The number of para-hydroxylation sites is 2. The van der Waals surface area contributed by atoms with Crippen LogP contribution in [0.25, 0.3) is 0 Å². The lowest BCUT2D eigenvalue weighted by molar-refractivity contribution is -0.383. The molecule has 22 heavy (non-hydrogen) atoms. The number of amides is 1. The van der Waals surface area contributed by atoms with Crippen molar-refractivity contribution >= 4 is 52.1 Å². The van der Waals surface area contributed by atoms with Crippen molar-refractivity contribution in [3.63, 3.8) is 0 Å². The first-order chi connectivity index (χ1) is 10.6. The van der Waals surface area contributed by atoms with Crippen LogP contribution in [0, 0.1) is 10.1 Å². The van der Waals surface area contributed by atoms with Crippen LogP contribution in [0.1, 0.15) is 6.92 Å². The van der Waals surface area contributed by atoms with Crippen molar-refractivity contribution < 1.29 is 9.72 Å². The molecule has 1 aromatic carbocycles. The lowest BCUT2D eigenvalue weighted by atomic mass is 10.2. The third kappa shape index (κ3) is 4.68. The van der Waals surface area contributed by atoms with Crippen LogP contribution in [0.3, 0.4) is 0 Å². The van der Waals surface area contributed by atoms with Gasteiger partial charge in [0.25, 0.3) is 5.69 Å². The van der Waals surface area contributed by atoms with Gasteiger partial charge in [-0.2, -0.15) is 0 Å². The van der Waals surface area contributed by atoms with Gasteiger partial charge in [0.05, 0.1) is 10.7 Å². The Morgan fingerprint density at radius 3 is 2.68 bits per heavy atom.